The molecule has 0 unspecified atom stereocenters. The lowest BCUT2D eigenvalue weighted by molar-refractivity contribution is -0.122. The summed E-state index contributed by atoms with van der Waals surface area (Å²) in [4.78, 5) is 25.8. The monoisotopic (exact) mass is 385 g/mol. The number of halogens is 1. The lowest BCUT2D eigenvalue weighted by atomic mass is 10.1. The molecule has 1 aliphatic rings. The van der Waals surface area contributed by atoms with E-state index in [4.69, 9.17) is 4.74 Å². The fourth-order valence-corrected chi connectivity index (χ4v) is 3.18. The normalized spacial score (nSPS) is 13.6. The van der Waals surface area contributed by atoms with Crippen LogP contribution in [0.1, 0.15) is 31.0 Å². The summed E-state index contributed by atoms with van der Waals surface area (Å²) in [7, 11) is 0. The summed E-state index contributed by atoms with van der Waals surface area (Å²) in [5.74, 6) is 0.0103. The summed E-state index contributed by atoms with van der Waals surface area (Å²) in [6.45, 7) is 4.72. The van der Waals surface area contributed by atoms with Crippen LogP contribution in [0.5, 0.6) is 5.75 Å². The lowest BCUT2D eigenvalue weighted by Crippen LogP contribution is -2.40. The Morgan fingerprint density at radius 3 is 2.86 bits per heavy atom. The minimum Gasteiger partial charge on any atom is -0.484 e. The second kappa shape index (κ2) is 8.73. The highest BCUT2D eigenvalue weighted by molar-refractivity contribution is 5.94. The molecule has 0 bridgehead atoms. The van der Waals surface area contributed by atoms with Crippen LogP contribution in [0.4, 0.5) is 14.9 Å². The molecule has 1 atom stereocenters. The Hall–Kier alpha value is -3.09. The molecule has 0 radical (unpaired) electrons. The average molecular weight is 385 g/mol. The van der Waals surface area contributed by atoms with Gasteiger partial charge < -0.3 is 15.4 Å². The van der Waals surface area contributed by atoms with Gasteiger partial charge in [-0.15, -0.1) is 0 Å². The highest BCUT2D eigenvalue weighted by Gasteiger charge is 2.26. The molecule has 2 aromatic carbocycles. The largest absolute Gasteiger partial charge is 0.484 e. The predicted octanol–water partition coefficient (Wildman–Crippen LogP) is 3.17. The van der Waals surface area contributed by atoms with Gasteiger partial charge in [-0.1, -0.05) is 18.2 Å². The third-order valence-electron chi connectivity index (χ3n) is 4.63. The molecule has 2 aromatic rings. The van der Waals surface area contributed by atoms with Crippen LogP contribution in [0.2, 0.25) is 0 Å². The molecular weight excluding hydrogens is 361 g/mol. The van der Waals surface area contributed by atoms with Gasteiger partial charge in [-0.25, -0.2) is 9.18 Å². The number of anilines is 1. The molecule has 0 aromatic heterocycles. The Labute approximate surface area is 163 Å². The van der Waals surface area contributed by atoms with E-state index in [1.54, 1.807) is 23.1 Å². The van der Waals surface area contributed by atoms with Gasteiger partial charge >= 0.3 is 6.03 Å². The van der Waals surface area contributed by atoms with Crippen molar-refractivity contribution in [3.63, 3.8) is 0 Å². The number of carbonyl (C=O) groups is 2. The fourth-order valence-electron chi connectivity index (χ4n) is 3.18. The quantitative estimate of drug-likeness (QED) is 0.802. The van der Waals surface area contributed by atoms with Gasteiger partial charge in [0.15, 0.2) is 6.61 Å². The molecule has 0 aliphatic carbocycles. The van der Waals surface area contributed by atoms with Crippen LogP contribution in [0.15, 0.2) is 42.5 Å². The van der Waals surface area contributed by atoms with Crippen LogP contribution in [0.25, 0.3) is 0 Å². The number of likely N-dealkylation sites (N-methyl/N-ethyl adjacent to an activating group) is 1. The molecule has 3 amide bonds. The van der Waals surface area contributed by atoms with Crippen LogP contribution >= 0.6 is 0 Å². The molecule has 1 heterocycles. The molecule has 0 fully saturated rings. The summed E-state index contributed by atoms with van der Waals surface area (Å²) in [6, 6.07) is 11.2. The van der Waals surface area contributed by atoms with Gasteiger partial charge in [0.2, 0.25) is 0 Å². The lowest BCUT2D eigenvalue weighted by Gasteiger charge is -2.22. The van der Waals surface area contributed by atoms with Crippen LogP contribution < -0.4 is 20.3 Å². The molecule has 6 nitrogen and oxygen atoms in total. The number of hydrogen-bond acceptors (Lipinski definition) is 3. The van der Waals surface area contributed by atoms with E-state index in [-0.39, 0.29) is 30.4 Å². The standard InChI is InChI=1S/C21H24FN3O3/c1-3-23-20(26)13-28-18-6-4-5-16(11-18)14(2)24-21(27)25-10-9-15-7-8-17(22)12-19(15)25/h4-8,11-12,14H,3,9-10,13H2,1-2H3,(H,23,26)(H,24,27)/t14-/m1/s1. The first-order valence-electron chi connectivity index (χ1n) is 9.34. The zero-order valence-corrected chi connectivity index (χ0v) is 16.0. The highest BCUT2D eigenvalue weighted by Crippen LogP contribution is 2.29. The summed E-state index contributed by atoms with van der Waals surface area (Å²) in [5, 5.41) is 5.61. The Morgan fingerprint density at radius 1 is 1.25 bits per heavy atom. The third-order valence-corrected chi connectivity index (χ3v) is 4.63. The van der Waals surface area contributed by atoms with Gasteiger partial charge in [-0.05, 0) is 55.7 Å². The predicted molar refractivity (Wildman–Crippen MR) is 105 cm³/mol. The van der Waals surface area contributed by atoms with Crippen molar-refractivity contribution in [3.05, 3.63) is 59.4 Å². The van der Waals surface area contributed by atoms with Crippen molar-refractivity contribution < 1.29 is 18.7 Å². The number of amides is 3. The molecule has 1 aliphatic heterocycles. The van der Waals surface area contributed by atoms with E-state index in [2.05, 4.69) is 10.6 Å². The molecule has 3 rings (SSSR count). The number of nitrogens with one attached hydrogen (secondary N) is 2. The second-order valence-electron chi connectivity index (χ2n) is 6.66. The van der Waals surface area contributed by atoms with Gasteiger partial charge in [0.25, 0.3) is 5.91 Å². The summed E-state index contributed by atoms with van der Waals surface area (Å²) < 4.78 is 19.0. The first-order valence-corrected chi connectivity index (χ1v) is 9.34. The maximum absolute atomic E-state index is 13.5. The minimum atomic E-state index is -0.358. The molecule has 0 spiro atoms. The smallest absolute Gasteiger partial charge is 0.322 e. The first kappa shape index (κ1) is 19.7. The second-order valence-corrected chi connectivity index (χ2v) is 6.66. The van der Waals surface area contributed by atoms with E-state index in [0.717, 1.165) is 11.1 Å². The topological polar surface area (TPSA) is 70.7 Å². The van der Waals surface area contributed by atoms with Crippen LogP contribution in [0, 0.1) is 5.82 Å². The summed E-state index contributed by atoms with van der Waals surface area (Å²) >= 11 is 0. The molecule has 7 heteroatoms. The Balaban J connectivity index is 1.63. The van der Waals surface area contributed by atoms with Crippen LogP contribution in [-0.4, -0.2) is 31.6 Å². The summed E-state index contributed by atoms with van der Waals surface area (Å²) in [5.41, 5.74) is 2.43. The SMILES string of the molecule is CCNC(=O)COc1cccc([C@@H](C)NC(=O)N2CCc3ccc(F)cc32)c1. The van der Waals surface area contributed by atoms with Crippen molar-refractivity contribution in [1.82, 2.24) is 10.6 Å². The average Bonchev–Trinajstić information content (AvgIpc) is 3.10. The number of fused-ring (bicyclic) bond motifs is 1. The third kappa shape index (κ3) is 4.60. The van der Waals surface area contributed by atoms with E-state index in [9.17, 15) is 14.0 Å². The Bertz CT molecular complexity index is 872. The van der Waals surface area contributed by atoms with Crippen molar-refractivity contribution in [2.24, 2.45) is 0 Å². The van der Waals surface area contributed by atoms with Crippen molar-refractivity contribution in [2.45, 2.75) is 26.3 Å². The van der Waals surface area contributed by atoms with Gasteiger partial charge in [-0.2, -0.15) is 0 Å². The molecule has 28 heavy (non-hydrogen) atoms. The number of hydrogen-bond donors (Lipinski definition) is 2. The highest BCUT2D eigenvalue weighted by atomic mass is 19.1. The molecule has 148 valence electrons. The van der Waals surface area contributed by atoms with Crippen molar-refractivity contribution in [3.8, 4) is 5.75 Å². The number of ether oxygens (including phenoxy) is 1. The minimum absolute atomic E-state index is 0.0613. The zero-order valence-electron chi connectivity index (χ0n) is 16.0. The first-order chi connectivity index (χ1) is 13.5. The maximum Gasteiger partial charge on any atom is 0.322 e. The molecule has 0 saturated carbocycles. The van der Waals surface area contributed by atoms with Crippen molar-refractivity contribution in [2.75, 3.05) is 24.6 Å². The number of urea groups is 1. The maximum atomic E-state index is 13.5. The Kier molecular flexibility index (Phi) is 6.13. The van der Waals surface area contributed by atoms with Gasteiger partial charge in [0, 0.05) is 13.1 Å². The van der Waals surface area contributed by atoms with E-state index in [1.807, 2.05) is 26.0 Å². The number of benzene rings is 2. The van der Waals surface area contributed by atoms with E-state index in [1.165, 1.54) is 12.1 Å². The van der Waals surface area contributed by atoms with Gasteiger partial charge in [0.05, 0.1) is 11.7 Å². The van der Waals surface area contributed by atoms with E-state index < -0.39 is 0 Å². The van der Waals surface area contributed by atoms with Crippen LogP contribution in [-0.2, 0) is 11.2 Å². The molecule has 2 N–H and O–H groups in total. The summed E-state index contributed by atoms with van der Waals surface area (Å²) in [6.07, 6.45) is 0.709. The van der Waals surface area contributed by atoms with Gasteiger partial charge in [-0.3, -0.25) is 9.69 Å². The van der Waals surface area contributed by atoms with Crippen molar-refractivity contribution in [1.29, 1.82) is 0 Å². The van der Waals surface area contributed by atoms with Crippen LogP contribution in [0.3, 0.4) is 0 Å². The fraction of sp³-hybridized carbons (Fsp3) is 0.333. The van der Waals surface area contributed by atoms with Crippen molar-refractivity contribution >= 4 is 17.6 Å². The van der Waals surface area contributed by atoms with E-state index in [0.29, 0.717) is 30.9 Å². The molecule has 0 saturated heterocycles. The van der Waals surface area contributed by atoms with Gasteiger partial charge in [0.1, 0.15) is 11.6 Å². The Morgan fingerprint density at radius 2 is 2.07 bits per heavy atom. The molecular formula is C21H24FN3O3. The number of rotatable bonds is 6. The number of carbonyl (C=O) groups excluding carboxylic acids is 2. The van der Waals surface area contributed by atoms with E-state index >= 15 is 0 Å². The zero-order chi connectivity index (χ0) is 20.1. The number of nitrogens with zero attached hydrogens (tertiary/aromatic N) is 1.